The first-order valence-electron chi connectivity index (χ1n) is 6.93. The van der Waals surface area contributed by atoms with E-state index in [2.05, 4.69) is 4.90 Å². The molecule has 16 heteroatoms. The fraction of sp³-hybridized carbons (Fsp3) is 0.909. The fourth-order valence-electron chi connectivity index (χ4n) is 1.25. The third-order valence-corrected chi connectivity index (χ3v) is 2.92. The number of carboxylic acid groups (broad SMARTS) is 1. The van der Waals surface area contributed by atoms with E-state index in [4.69, 9.17) is 41.6 Å². The van der Waals surface area contributed by atoms with Crippen LogP contribution >= 0.6 is 11.8 Å². The SMILES string of the molecule is CSCC[C@@H](N)C(=O)[O-].NCCN(CCN)CCN.O.O.[Ni+2].[O-][Cl+3]([O-])([O-])[O-]. The summed E-state index contributed by atoms with van der Waals surface area (Å²) in [6.07, 6.45) is 2.39. The van der Waals surface area contributed by atoms with Crippen molar-refractivity contribution in [3.05, 3.63) is 0 Å². The van der Waals surface area contributed by atoms with Crippen molar-refractivity contribution in [2.45, 2.75) is 12.5 Å². The minimum Gasteiger partial charge on any atom is -0.548 e. The molecule has 0 radical (unpaired) electrons. The van der Waals surface area contributed by atoms with E-state index in [9.17, 15) is 9.90 Å². The van der Waals surface area contributed by atoms with E-state index in [1.807, 2.05) is 6.26 Å². The van der Waals surface area contributed by atoms with Gasteiger partial charge in [0, 0.05) is 45.3 Å². The van der Waals surface area contributed by atoms with Gasteiger partial charge in [-0.05, 0) is 18.4 Å². The number of nitrogens with zero attached hydrogens (tertiary/aromatic N) is 1. The molecule has 0 saturated carbocycles. The van der Waals surface area contributed by atoms with Crippen molar-refractivity contribution >= 4 is 17.7 Å². The summed E-state index contributed by atoms with van der Waals surface area (Å²) in [5.41, 5.74) is 21.2. The second-order valence-electron chi connectivity index (χ2n) is 4.29. The molecule has 0 aliphatic carbocycles. The Hall–Kier alpha value is 0.164. The van der Waals surface area contributed by atoms with E-state index in [-0.39, 0.29) is 27.4 Å². The number of carboxylic acids is 1. The Bertz CT molecular complexity index is 278. The zero-order chi connectivity index (χ0) is 19.6. The zero-order valence-corrected chi connectivity index (χ0v) is 17.6. The molecule has 12 N–H and O–H groups in total. The summed E-state index contributed by atoms with van der Waals surface area (Å²) in [6.45, 7) is 4.73. The van der Waals surface area contributed by atoms with Crippen LogP contribution in [0.4, 0.5) is 0 Å². The maximum atomic E-state index is 9.96. The van der Waals surface area contributed by atoms with E-state index in [1.54, 1.807) is 11.8 Å². The maximum absolute atomic E-state index is 9.96. The minimum absolute atomic E-state index is 0. The molecule has 1 atom stereocenters. The molecule has 0 aliphatic heterocycles. The van der Waals surface area contributed by atoms with Gasteiger partial charge in [-0.1, -0.05) is 0 Å². The third kappa shape index (κ3) is 51.9. The summed E-state index contributed by atoms with van der Waals surface area (Å²) >= 11 is 1.58. The molecule has 0 aromatic carbocycles. The first-order valence-corrected chi connectivity index (χ1v) is 9.55. The number of halogens is 1. The quantitative estimate of drug-likeness (QED) is 0.208. The normalized spacial score (nSPS) is 10.6. The molecular weight excluding hydrogens is 456 g/mol. The molecule has 0 heterocycles. The number of hydrogen-bond donors (Lipinski definition) is 4. The van der Waals surface area contributed by atoms with Crippen LogP contribution in [0.1, 0.15) is 6.42 Å². The van der Waals surface area contributed by atoms with Crippen molar-refractivity contribution in [1.82, 2.24) is 4.90 Å². The van der Waals surface area contributed by atoms with E-state index in [0.717, 1.165) is 25.4 Å². The molecule has 0 spiro atoms. The monoisotopic (exact) mass is 487 g/mol. The largest absolute Gasteiger partial charge is 2.00 e. The van der Waals surface area contributed by atoms with Gasteiger partial charge in [0.1, 0.15) is 0 Å². The standard InChI is InChI=1S/C6H18N4.C5H11NO2S.ClHO4.Ni.2H2O/c7-1-4-10(5-2-8)6-3-9;1-9-3-2-4(6)5(7)8;2-1(3,4)5;;;/h1-9H2;4H,2-3,6H2,1H3,(H,7,8);(H,2,3,4,5);;2*1H2/q;;;+2;;/p-2/t;4-;;;;/m.1..../s1. The van der Waals surface area contributed by atoms with Crippen LogP contribution in [0.2, 0.25) is 0 Å². The predicted octanol–water partition coefficient (Wildman–Crippen LogP) is -9.43. The van der Waals surface area contributed by atoms with Crippen LogP contribution in [-0.4, -0.2) is 79.1 Å². The molecule has 0 aromatic rings. The number of carbonyl (C=O) groups is 1. The Kier molecular flexibility index (Phi) is 43.6. The number of carbonyl (C=O) groups excluding carboxylic acids is 1. The number of aliphatic carboxylic acids is 1. The second-order valence-corrected chi connectivity index (χ2v) is 6.03. The Labute approximate surface area is 175 Å². The smallest absolute Gasteiger partial charge is 0.548 e. The maximum Gasteiger partial charge on any atom is 2.00 e. The average Bonchev–Trinajstić information content (AvgIpc) is 2.44. The van der Waals surface area contributed by atoms with Gasteiger partial charge < -0.3 is 43.8 Å². The molecule has 0 amide bonds. The number of thioether (sulfide) groups is 1. The Morgan fingerprint density at radius 3 is 1.48 bits per heavy atom. The summed E-state index contributed by atoms with van der Waals surface area (Å²) in [6, 6.07) is -0.794. The Balaban J connectivity index is -0.0000000607. The Morgan fingerprint density at radius 2 is 1.30 bits per heavy atom. The van der Waals surface area contributed by atoms with Crippen LogP contribution in [0, 0.1) is 10.2 Å². The van der Waals surface area contributed by atoms with E-state index < -0.39 is 22.3 Å². The van der Waals surface area contributed by atoms with Crippen LogP contribution in [-0.2, 0) is 21.3 Å². The topological polar surface area (TPSA) is 303 Å². The molecule has 0 rings (SSSR count). The van der Waals surface area contributed by atoms with Crippen molar-refractivity contribution < 1.29 is 66.2 Å². The van der Waals surface area contributed by atoms with E-state index >= 15 is 0 Å². The van der Waals surface area contributed by atoms with Crippen molar-refractivity contribution in [2.75, 3.05) is 51.3 Å². The summed E-state index contributed by atoms with van der Waals surface area (Å²) in [5, 5.41) is 9.96. The van der Waals surface area contributed by atoms with Crippen molar-refractivity contribution in [3.8, 4) is 0 Å². The first-order chi connectivity index (χ1) is 11.0. The summed E-state index contributed by atoms with van der Waals surface area (Å²) < 4.78 is 34.0. The van der Waals surface area contributed by atoms with E-state index in [1.165, 1.54) is 0 Å². The summed E-state index contributed by atoms with van der Waals surface area (Å²) in [7, 11) is -4.94. The fourth-order valence-corrected chi connectivity index (χ4v) is 1.74. The van der Waals surface area contributed by atoms with Crippen molar-refractivity contribution in [2.24, 2.45) is 22.9 Å². The van der Waals surface area contributed by atoms with Crippen LogP contribution in [0.15, 0.2) is 0 Å². The van der Waals surface area contributed by atoms with Gasteiger partial charge in [0.25, 0.3) is 0 Å². The van der Waals surface area contributed by atoms with Crippen LogP contribution < -0.4 is 46.7 Å². The third-order valence-electron chi connectivity index (χ3n) is 2.27. The number of rotatable bonds is 10. The van der Waals surface area contributed by atoms with Gasteiger partial charge >= 0.3 is 16.5 Å². The Morgan fingerprint density at radius 1 is 1.00 bits per heavy atom. The molecule has 0 aromatic heterocycles. The van der Waals surface area contributed by atoms with Gasteiger partial charge in [-0.15, -0.1) is 10.2 Å². The molecule has 27 heavy (non-hydrogen) atoms. The van der Waals surface area contributed by atoms with Gasteiger partial charge in [-0.25, -0.2) is 18.6 Å². The number of nitrogens with two attached hydrogens (primary N) is 4. The summed E-state index contributed by atoms with van der Waals surface area (Å²) in [4.78, 5) is 12.1. The molecule has 0 bridgehead atoms. The average molecular weight is 489 g/mol. The molecule has 0 saturated heterocycles. The summed E-state index contributed by atoms with van der Waals surface area (Å²) in [5.74, 6) is -0.390. The zero-order valence-electron chi connectivity index (χ0n) is 15.0. The van der Waals surface area contributed by atoms with Gasteiger partial charge in [0.15, 0.2) is 0 Å². The van der Waals surface area contributed by atoms with E-state index in [0.29, 0.717) is 26.1 Å². The molecular formula is C11H32ClN5NiO8S. The van der Waals surface area contributed by atoms with Crippen LogP contribution in [0.5, 0.6) is 0 Å². The van der Waals surface area contributed by atoms with Crippen LogP contribution in [0.3, 0.4) is 0 Å². The van der Waals surface area contributed by atoms with Gasteiger partial charge in [0.05, 0.1) is 5.97 Å². The molecule has 13 nitrogen and oxygen atoms in total. The minimum atomic E-state index is -4.94. The number of hydrogen-bond acceptors (Lipinski definition) is 12. The van der Waals surface area contributed by atoms with Gasteiger partial charge in [0.2, 0.25) is 0 Å². The predicted molar refractivity (Wildman–Crippen MR) is 86.8 cm³/mol. The van der Waals surface area contributed by atoms with Crippen LogP contribution in [0.25, 0.3) is 0 Å². The van der Waals surface area contributed by atoms with Crippen molar-refractivity contribution in [3.63, 3.8) is 0 Å². The first kappa shape index (κ1) is 41.5. The van der Waals surface area contributed by atoms with Gasteiger partial charge in [-0.3, -0.25) is 4.90 Å². The molecule has 0 fully saturated rings. The van der Waals surface area contributed by atoms with Crippen molar-refractivity contribution in [1.29, 1.82) is 0 Å². The molecule has 0 aliphatic rings. The molecule has 0 unspecified atom stereocenters. The second kappa shape index (κ2) is 28.4. The molecule has 172 valence electrons. The van der Waals surface area contributed by atoms with Gasteiger partial charge in [-0.2, -0.15) is 11.8 Å².